The highest BCUT2D eigenvalue weighted by molar-refractivity contribution is 5.94. The Morgan fingerprint density at radius 2 is 1.69 bits per heavy atom. The Kier molecular flexibility index (Phi) is 9.05. The van der Waals surface area contributed by atoms with Gasteiger partial charge in [-0.15, -0.1) is 0 Å². The van der Waals surface area contributed by atoms with E-state index in [-0.39, 0.29) is 35.9 Å². The van der Waals surface area contributed by atoms with E-state index in [1.165, 1.54) is 12.5 Å². The summed E-state index contributed by atoms with van der Waals surface area (Å²) in [7, 11) is 0. The highest BCUT2D eigenvalue weighted by Crippen LogP contribution is 2.68. The summed E-state index contributed by atoms with van der Waals surface area (Å²) in [4.78, 5) is 74.4. The molecule has 0 radical (unpaired) electrons. The number of nitrogens with one attached hydrogen (secondary N) is 1. The fourth-order valence-corrected chi connectivity index (χ4v) is 8.80. The van der Waals surface area contributed by atoms with E-state index in [2.05, 4.69) is 12.2 Å². The van der Waals surface area contributed by atoms with Crippen LogP contribution in [0.3, 0.4) is 0 Å². The first-order valence-corrected chi connectivity index (χ1v) is 15.3. The van der Waals surface area contributed by atoms with Crippen molar-refractivity contribution < 1.29 is 43.3 Å². The van der Waals surface area contributed by atoms with Crippen LogP contribution in [0.25, 0.3) is 0 Å². The summed E-state index contributed by atoms with van der Waals surface area (Å²) in [6.07, 6.45) is 7.10. The molecule has 0 aromatic heterocycles. The highest BCUT2D eigenvalue weighted by atomic mass is 16.6. The van der Waals surface area contributed by atoms with Gasteiger partial charge in [0.05, 0.1) is 6.42 Å². The molecule has 42 heavy (non-hydrogen) atoms. The van der Waals surface area contributed by atoms with E-state index in [0.29, 0.717) is 31.1 Å². The van der Waals surface area contributed by atoms with Gasteiger partial charge in [0.2, 0.25) is 11.7 Å². The van der Waals surface area contributed by atoms with E-state index >= 15 is 0 Å². The van der Waals surface area contributed by atoms with Crippen LogP contribution in [-0.2, 0) is 38.2 Å². The summed E-state index contributed by atoms with van der Waals surface area (Å²) in [5, 5.41) is 11.7. The first kappa shape index (κ1) is 31.9. The van der Waals surface area contributed by atoms with Crippen LogP contribution < -0.4 is 5.32 Å². The molecule has 0 spiro atoms. The van der Waals surface area contributed by atoms with Crippen LogP contribution in [-0.4, -0.2) is 58.7 Å². The lowest BCUT2D eigenvalue weighted by atomic mass is 9.46. The molecule has 7 atom stereocenters. The molecule has 0 unspecified atom stereocenters. The van der Waals surface area contributed by atoms with Gasteiger partial charge in [-0.1, -0.05) is 33.3 Å². The molecule has 10 heteroatoms. The summed E-state index contributed by atoms with van der Waals surface area (Å²) >= 11 is 0. The molecule has 0 aliphatic heterocycles. The predicted molar refractivity (Wildman–Crippen MR) is 151 cm³/mol. The van der Waals surface area contributed by atoms with Gasteiger partial charge in [-0.25, -0.2) is 4.79 Å². The minimum atomic E-state index is -1.41. The smallest absolute Gasteiger partial charge is 0.326 e. The second kappa shape index (κ2) is 11.9. The van der Waals surface area contributed by atoms with Gasteiger partial charge in [-0.2, -0.15) is 0 Å². The molecule has 0 aromatic carbocycles. The Labute approximate surface area is 247 Å². The number of ketones is 2. The van der Waals surface area contributed by atoms with E-state index in [1.807, 2.05) is 13.0 Å². The highest BCUT2D eigenvalue weighted by Gasteiger charge is 2.68. The van der Waals surface area contributed by atoms with E-state index in [9.17, 15) is 33.9 Å². The standard InChI is InChI=1S/C32H45NO9/c1-18(2)28(29(39)40)33-26(37)8-9-27(38)41-17-25(36)32(42-19(3)34)15-12-24-22-7-6-20-16-21(35)10-13-30(20,4)23(22)11-14-31(24,32)5/h16,18,22-24,28H,6-15,17H2,1-5H3,(H,33,37)(H,39,40)/t22-,23+,24-,28+,30+,31+,32+/m1/s1. The van der Waals surface area contributed by atoms with Crippen LogP contribution in [0, 0.1) is 34.5 Å². The number of esters is 2. The van der Waals surface area contributed by atoms with E-state index < -0.39 is 53.3 Å². The van der Waals surface area contributed by atoms with Gasteiger partial charge in [0.15, 0.2) is 18.0 Å². The number of carbonyl (C=O) groups is 6. The Bertz CT molecular complexity index is 1190. The molecule has 10 nitrogen and oxygen atoms in total. The third-order valence-corrected chi connectivity index (χ3v) is 11.0. The number of amides is 1. The van der Waals surface area contributed by atoms with Crippen molar-refractivity contribution >= 4 is 35.4 Å². The molecule has 3 fully saturated rings. The van der Waals surface area contributed by atoms with Crippen LogP contribution in [0.1, 0.15) is 98.8 Å². The van der Waals surface area contributed by atoms with Crippen molar-refractivity contribution in [3.63, 3.8) is 0 Å². The van der Waals surface area contributed by atoms with Crippen LogP contribution in [0.15, 0.2) is 11.6 Å². The maximum Gasteiger partial charge on any atom is 0.326 e. The molecule has 0 saturated heterocycles. The van der Waals surface area contributed by atoms with Gasteiger partial charge in [-0.05, 0) is 80.1 Å². The average molecular weight is 588 g/mol. The Morgan fingerprint density at radius 3 is 2.33 bits per heavy atom. The summed E-state index contributed by atoms with van der Waals surface area (Å²) in [5.74, 6) is -2.76. The van der Waals surface area contributed by atoms with Crippen molar-refractivity contribution in [3.8, 4) is 0 Å². The van der Waals surface area contributed by atoms with Gasteiger partial charge in [-0.3, -0.25) is 24.0 Å². The second-order valence-electron chi connectivity index (χ2n) is 13.6. The average Bonchev–Trinajstić information content (AvgIpc) is 3.21. The fourth-order valence-electron chi connectivity index (χ4n) is 8.80. The molecule has 4 rings (SSSR count). The minimum absolute atomic E-state index is 0.0314. The van der Waals surface area contributed by atoms with Gasteiger partial charge in [0.25, 0.3) is 0 Å². The third-order valence-electron chi connectivity index (χ3n) is 11.0. The van der Waals surface area contributed by atoms with Gasteiger partial charge < -0.3 is 19.9 Å². The predicted octanol–water partition coefficient (Wildman–Crippen LogP) is 3.94. The first-order chi connectivity index (χ1) is 19.6. The van der Waals surface area contributed by atoms with E-state index in [0.717, 1.165) is 32.1 Å². The molecule has 0 aromatic rings. The van der Waals surface area contributed by atoms with Crippen LogP contribution in [0.5, 0.6) is 0 Å². The summed E-state index contributed by atoms with van der Waals surface area (Å²) < 4.78 is 11.2. The number of rotatable bonds is 10. The zero-order valence-corrected chi connectivity index (χ0v) is 25.5. The molecule has 3 saturated carbocycles. The van der Waals surface area contributed by atoms with Gasteiger partial charge in [0.1, 0.15) is 6.04 Å². The number of carboxylic acid groups (broad SMARTS) is 1. The SMILES string of the molecule is CC(=O)O[C@]1(C(=O)COC(=O)CCC(=O)N[C@H](C(=O)O)C(C)C)CC[C@@H]2[C@@H]3CCC4=CC(=O)CC[C@]4(C)[C@H]3CC[C@@]21C. The van der Waals surface area contributed by atoms with E-state index in [1.54, 1.807) is 13.8 Å². The van der Waals surface area contributed by atoms with Crippen LogP contribution in [0.4, 0.5) is 0 Å². The minimum Gasteiger partial charge on any atom is -0.480 e. The number of allylic oxidation sites excluding steroid dienone is 1. The number of fused-ring (bicyclic) bond motifs is 5. The first-order valence-electron chi connectivity index (χ1n) is 15.3. The van der Waals surface area contributed by atoms with Crippen LogP contribution in [0.2, 0.25) is 0 Å². The lowest BCUT2D eigenvalue weighted by Crippen LogP contribution is -2.59. The molecule has 4 aliphatic rings. The number of carbonyl (C=O) groups excluding carboxylic acids is 5. The molecule has 4 aliphatic carbocycles. The molecule has 0 bridgehead atoms. The number of carboxylic acids is 1. The number of ether oxygens (including phenoxy) is 2. The normalized spacial score (nSPS) is 34.3. The quantitative estimate of drug-likeness (QED) is 0.362. The molecule has 1 amide bonds. The zero-order chi connectivity index (χ0) is 31.0. The van der Waals surface area contributed by atoms with Crippen molar-refractivity contribution in [1.82, 2.24) is 5.32 Å². The van der Waals surface area contributed by atoms with E-state index in [4.69, 9.17) is 9.47 Å². The zero-order valence-electron chi connectivity index (χ0n) is 25.5. The Morgan fingerprint density at radius 1 is 1.00 bits per heavy atom. The number of hydrogen-bond acceptors (Lipinski definition) is 8. The fraction of sp³-hybridized carbons (Fsp3) is 0.750. The Balaban J connectivity index is 1.43. The molecule has 0 heterocycles. The summed E-state index contributed by atoms with van der Waals surface area (Å²) in [5.41, 5.74) is -0.797. The molecule has 232 valence electrons. The number of hydrogen-bond donors (Lipinski definition) is 2. The maximum atomic E-state index is 13.8. The summed E-state index contributed by atoms with van der Waals surface area (Å²) in [6.45, 7) is 8.38. The van der Waals surface area contributed by atoms with Crippen molar-refractivity contribution in [2.45, 2.75) is 110 Å². The topological polar surface area (TPSA) is 153 Å². The second-order valence-corrected chi connectivity index (χ2v) is 13.6. The molecular weight excluding hydrogens is 542 g/mol. The monoisotopic (exact) mass is 587 g/mol. The lowest BCUT2D eigenvalue weighted by Gasteiger charge is -2.59. The van der Waals surface area contributed by atoms with Crippen molar-refractivity contribution in [2.24, 2.45) is 34.5 Å². The molecular formula is C32H45NO9. The van der Waals surface area contributed by atoms with Crippen LogP contribution >= 0.6 is 0 Å². The molecule has 2 N–H and O–H groups in total. The van der Waals surface area contributed by atoms with Crippen molar-refractivity contribution in [2.75, 3.05) is 6.61 Å². The maximum absolute atomic E-state index is 13.8. The third kappa shape index (κ3) is 5.65. The Hall–Kier alpha value is -3.04. The summed E-state index contributed by atoms with van der Waals surface area (Å²) in [6, 6.07) is -1.07. The van der Waals surface area contributed by atoms with Gasteiger partial charge >= 0.3 is 17.9 Å². The largest absolute Gasteiger partial charge is 0.480 e. The number of Topliss-reactive ketones (excluding diaryl/α,β-unsaturated/α-hetero) is 1. The lowest BCUT2D eigenvalue weighted by molar-refractivity contribution is -0.191. The van der Waals surface area contributed by atoms with Crippen molar-refractivity contribution in [3.05, 3.63) is 11.6 Å². The number of aliphatic carboxylic acids is 1. The van der Waals surface area contributed by atoms with Crippen molar-refractivity contribution in [1.29, 1.82) is 0 Å². The van der Waals surface area contributed by atoms with Gasteiger partial charge in [0, 0.05) is 25.2 Å².